The Kier molecular flexibility index (Phi) is 2.26. The molecule has 0 fully saturated rings. The highest BCUT2D eigenvalue weighted by Crippen LogP contribution is 2.31. The maximum atomic E-state index is 11.6. The topological polar surface area (TPSA) is 72.1 Å². The van der Waals surface area contributed by atoms with E-state index in [2.05, 4.69) is 9.97 Å². The van der Waals surface area contributed by atoms with E-state index in [4.69, 9.17) is 5.73 Å². The van der Waals surface area contributed by atoms with E-state index in [-0.39, 0.29) is 5.91 Å². The van der Waals surface area contributed by atoms with Crippen LogP contribution in [0.15, 0.2) is 30.6 Å². The first-order valence-electron chi connectivity index (χ1n) is 5.62. The minimum absolute atomic E-state index is 0.115. The van der Waals surface area contributed by atoms with E-state index in [1.165, 1.54) is 6.33 Å². The Morgan fingerprint density at radius 3 is 2.89 bits per heavy atom. The van der Waals surface area contributed by atoms with Crippen molar-refractivity contribution in [2.75, 3.05) is 17.7 Å². The lowest BCUT2D eigenvalue weighted by molar-refractivity contribution is -0.117. The van der Waals surface area contributed by atoms with Crippen LogP contribution >= 0.6 is 0 Å². The molecule has 90 valence electrons. The first-order chi connectivity index (χ1) is 8.65. The first kappa shape index (κ1) is 10.7. The second-order valence-corrected chi connectivity index (χ2v) is 4.30. The quantitative estimate of drug-likeness (QED) is 0.814. The van der Waals surface area contributed by atoms with Gasteiger partial charge in [-0.05, 0) is 17.7 Å². The molecule has 0 saturated carbocycles. The van der Waals surface area contributed by atoms with Gasteiger partial charge in [-0.1, -0.05) is 6.07 Å². The van der Waals surface area contributed by atoms with Gasteiger partial charge in [0.2, 0.25) is 5.91 Å². The Morgan fingerprint density at radius 2 is 2.11 bits per heavy atom. The Balaban J connectivity index is 2.07. The fraction of sp³-hybridized carbons (Fsp3) is 0.154. The zero-order chi connectivity index (χ0) is 12.7. The molecule has 3 rings (SSSR count). The van der Waals surface area contributed by atoms with E-state index in [1.807, 2.05) is 18.2 Å². The number of nitrogens with two attached hydrogens (primary N) is 1. The average molecular weight is 240 g/mol. The Labute approximate surface area is 104 Å². The van der Waals surface area contributed by atoms with Crippen LogP contribution in [-0.2, 0) is 11.2 Å². The van der Waals surface area contributed by atoms with Crippen molar-refractivity contribution in [3.8, 4) is 11.3 Å². The Bertz CT molecular complexity index is 639. The molecule has 2 heterocycles. The molecule has 0 saturated heterocycles. The fourth-order valence-corrected chi connectivity index (χ4v) is 2.16. The van der Waals surface area contributed by atoms with Crippen molar-refractivity contribution in [1.82, 2.24) is 9.97 Å². The third kappa shape index (κ3) is 1.60. The number of aromatic nitrogens is 2. The zero-order valence-electron chi connectivity index (χ0n) is 9.92. The third-order valence-electron chi connectivity index (χ3n) is 3.14. The van der Waals surface area contributed by atoms with Crippen molar-refractivity contribution in [1.29, 1.82) is 0 Å². The lowest BCUT2D eigenvalue weighted by Gasteiger charge is -2.10. The second-order valence-electron chi connectivity index (χ2n) is 4.30. The molecule has 0 bridgehead atoms. The van der Waals surface area contributed by atoms with E-state index in [1.54, 1.807) is 18.0 Å². The minimum atomic E-state index is 0.115. The van der Waals surface area contributed by atoms with Crippen molar-refractivity contribution in [3.63, 3.8) is 0 Å². The smallest absolute Gasteiger partial charge is 0.231 e. The summed E-state index contributed by atoms with van der Waals surface area (Å²) < 4.78 is 0. The van der Waals surface area contributed by atoms with Gasteiger partial charge in [-0.25, -0.2) is 9.97 Å². The monoisotopic (exact) mass is 240 g/mol. The summed E-state index contributed by atoms with van der Waals surface area (Å²) in [4.78, 5) is 21.3. The molecule has 5 heteroatoms. The number of hydrogen-bond acceptors (Lipinski definition) is 4. The van der Waals surface area contributed by atoms with Gasteiger partial charge in [0, 0.05) is 24.4 Å². The molecular formula is C13H12N4O. The molecule has 2 aromatic rings. The molecule has 0 atom stereocenters. The molecule has 0 spiro atoms. The van der Waals surface area contributed by atoms with E-state index in [0.717, 1.165) is 22.5 Å². The van der Waals surface area contributed by atoms with Crippen molar-refractivity contribution in [3.05, 3.63) is 36.2 Å². The molecule has 0 unspecified atom stereocenters. The molecule has 5 nitrogen and oxygen atoms in total. The molecule has 1 amide bonds. The van der Waals surface area contributed by atoms with E-state index in [0.29, 0.717) is 12.2 Å². The summed E-state index contributed by atoms with van der Waals surface area (Å²) in [6.07, 6.45) is 1.88. The first-order valence-corrected chi connectivity index (χ1v) is 5.62. The largest absolute Gasteiger partial charge is 0.384 e. The highest BCUT2D eigenvalue weighted by molar-refractivity contribution is 6.01. The Hall–Kier alpha value is -2.43. The lowest BCUT2D eigenvalue weighted by atomic mass is 10.1. The number of benzene rings is 1. The van der Waals surface area contributed by atoms with E-state index < -0.39 is 0 Å². The minimum Gasteiger partial charge on any atom is -0.384 e. The molecule has 1 aromatic carbocycles. The van der Waals surface area contributed by atoms with Crippen LogP contribution in [0.2, 0.25) is 0 Å². The van der Waals surface area contributed by atoms with Crippen LogP contribution in [0.1, 0.15) is 5.56 Å². The van der Waals surface area contributed by atoms with E-state index >= 15 is 0 Å². The van der Waals surface area contributed by atoms with Gasteiger partial charge in [0.05, 0.1) is 12.1 Å². The summed E-state index contributed by atoms with van der Waals surface area (Å²) in [6, 6.07) is 7.59. The number of amides is 1. The summed E-state index contributed by atoms with van der Waals surface area (Å²) in [5.41, 5.74) is 9.35. The van der Waals surface area contributed by atoms with Crippen molar-refractivity contribution < 1.29 is 4.79 Å². The van der Waals surface area contributed by atoms with Gasteiger partial charge in [0.25, 0.3) is 0 Å². The highest BCUT2D eigenvalue weighted by atomic mass is 16.2. The van der Waals surface area contributed by atoms with Gasteiger partial charge >= 0.3 is 0 Å². The van der Waals surface area contributed by atoms with Crippen LogP contribution in [-0.4, -0.2) is 22.9 Å². The molecule has 1 aromatic heterocycles. The standard InChI is InChI=1S/C13H12N4O/c1-17-11-3-2-8(4-9(11)5-13(17)18)10-6-12(14)16-7-15-10/h2-4,6-7H,5H2,1H3,(H2,14,15,16). The number of fused-ring (bicyclic) bond motifs is 1. The van der Waals surface area contributed by atoms with E-state index in [9.17, 15) is 4.79 Å². The highest BCUT2D eigenvalue weighted by Gasteiger charge is 2.24. The fourth-order valence-electron chi connectivity index (χ4n) is 2.16. The third-order valence-corrected chi connectivity index (χ3v) is 3.14. The summed E-state index contributed by atoms with van der Waals surface area (Å²) >= 11 is 0. The van der Waals surface area contributed by atoms with Crippen LogP contribution in [0.25, 0.3) is 11.3 Å². The second kappa shape index (κ2) is 3.80. The van der Waals surface area contributed by atoms with Gasteiger partial charge in [-0.2, -0.15) is 0 Å². The number of nitrogen functional groups attached to an aromatic ring is 1. The summed E-state index contributed by atoms with van der Waals surface area (Å²) in [5.74, 6) is 0.554. The molecule has 0 radical (unpaired) electrons. The summed E-state index contributed by atoms with van der Waals surface area (Å²) in [5, 5.41) is 0. The Morgan fingerprint density at radius 1 is 1.28 bits per heavy atom. The normalized spacial score (nSPS) is 13.8. The van der Waals surface area contributed by atoms with Gasteiger partial charge in [0.15, 0.2) is 0 Å². The molecule has 1 aliphatic rings. The SMILES string of the molecule is CN1C(=O)Cc2cc(-c3cc(N)ncn3)ccc21. The number of hydrogen-bond donors (Lipinski definition) is 1. The number of carbonyl (C=O) groups is 1. The maximum Gasteiger partial charge on any atom is 0.231 e. The van der Waals surface area contributed by atoms with Gasteiger partial charge in [-0.15, -0.1) is 0 Å². The van der Waals surface area contributed by atoms with Crippen LogP contribution in [0, 0.1) is 0 Å². The van der Waals surface area contributed by atoms with Crippen molar-refractivity contribution >= 4 is 17.4 Å². The predicted molar refractivity (Wildman–Crippen MR) is 69.0 cm³/mol. The zero-order valence-corrected chi connectivity index (χ0v) is 9.92. The van der Waals surface area contributed by atoms with Gasteiger partial charge in [-0.3, -0.25) is 4.79 Å². The van der Waals surface area contributed by atoms with Crippen molar-refractivity contribution in [2.45, 2.75) is 6.42 Å². The van der Waals surface area contributed by atoms with Crippen LogP contribution in [0.4, 0.5) is 11.5 Å². The van der Waals surface area contributed by atoms with Gasteiger partial charge < -0.3 is 10.6 Å². The molecule has 2 N–H and O–H groups in total. The lowest BCUT2D eigenvalue weighted by Crippen LogP contribution is -2.20. The molecule has 1 aliphatic heterocycles. The molecule has 18 heavy (non-hydrogen) atoms. The van der Waals surface area contributed by atoms with Crippen LogP contribution in [0.3, 0.4) is 0 Å². The van der Waals surface area contributed by atoms with Crippen LogP contribution < -0.4 is 10.6 Å². The van der Waals surface area contributed by atoms with Gasteiger partial charge in [0.1, 0.15) is 12.1 Å². The van der Waals surface area contributed by atoms with Crippen LogP contribution in [0.5, 0.6) is 0 Å². The summed E-state index contributed by atoms with van der Waals surface area (Å²) in [7, 11) is 1.79. The number of anilines is 2. The molecular weight excluding hydrogens is 228 g/mol. The maximum absolute atomic E-state index is 11.6. The average Bonchev–Trinajstić information content (AvgIpc) is 2.65. The summed E-state index contributed by atoms with van der Waals surface area (Å²) in [6.45, 7) is 0. The van der Waals surface area contributed by atoms with Crippen molar-refractivity contribution in [2.24, 2.45) is 0 Å². The molecule has 0 aliphatic carbocycles. The number of carbonyl (C=O) groups excluding carboxylic acids is 1. The number of nitrogens with zero attached hydrogens (tertiary/aromatic N) is 3. The number of likely N-dealkylation sites (N-methyl/N-ethyl adjacent to an activating group) is 1. The predicted octanol–water partition coefficient (Wildman–Crippen LogP) is 1.24. The number of rotatable bonds is 1.